The maximum Gasteiger partial charge on any atom is 0.250 e. The van der Waals surface area contributed by atoms with Crippen molar-refractivity contribution in [2.45, 2.75) is 84.1 Å². The van der Waals surface area contributed by atoms with Gasteiger partial charge in [0.1, 0.15) is 5.65 Å². The van der Waals surface area contributed by atoms with Crippen LogP contribution in [0.25, 0.3) is 22.3 Å². The Morgan fingerprint density at radius 2 is 1.82 bits per heavy atom. The lowest BCUT2D eigenvalue weighted by atomic mass is 9.76. The molecule has 2 saturated heterocycles. The molecule has 1 saturated carbocycles. The van der Waals surface area contributed by atoms with Crippen LogP contribution in [0, 0.1) is 19.8 Å². The number of H-pyrrole nitrogens is 1. The molecule has 1 aliphatic carbocycles. The van der Waals surface area contributed by atoms with Crippen molar-refractivity contribution in [2.24, 2.45) is 13.0 Å². The van der Waals surface area contributed by atoms with Crippen LogP contribution in [0.5, 0.6) is 0 Å². The summed E-state index contributed by atoms with van der Waals surface area (Å²) in [6.07, 6.45) is 9.45. The average Bonchev–Trinajstić information content (AvgIpc) is 3.40. The third-order valence-electron chi connectivity index (χ3n) is 10.1. The van der Waals surface area contributed by atoms with Crippen LogP contribution >= 0.6 is 0 Å². The predicted octanol–water partition coefficient (Wildman–Crippen LogP) is 6.16. The first-order valence-corrected chi connectivity index (χ1v) is 16.3. The molecular weight excluding hydrogens is 546 g/mol. The Morgan fingerprint density at radius 1 is 1.09 bits per heavy atom. The second kappa shape index (κ2) is 12.0. The molecule has 0 spiro atoms. The molecule has 7 rings (SSSR count). The van der Waals surface area contributed by atoms with E-state index in [0.717, 1.165) is 72.3 Å². The van der Waals surface area contributed by atoms with Gasteiger partial charge in [-0.05, 0) is 119 Å². The number of piperidine rings is 2. The fourth-order valence-corrected chi connectivity index (χ4v) is 7.54. The van der Waals surface area contributed by atoms with Gasteiger partial charge in [-0.3, -0.25) is 9.59 Å². The van der Waals surface area contributed by atoms with Crippen molar-refractivity contribution in [1.29, 1.82) is 0 Å². The van der Waals surface area contributed by atoms with Crippen LogP contribution in [-0.4, -0.2) is 51.0 Å². The van der Waals surface area contributed by atoms with Gasteiger partial charge in [-0.1, -0.05) is 30.2 Å². The van der Waals surface area contributed by atoms with E-state index in [-0.39, 0.29) is 17.4 Å². The largest absolute Gasteiger partial charge is 0.339 e. The molecule has 1 atom stereocenters. The van der Waals surface area contributed by atoms with E-state index >= 15 is 0 Å². The molecule has 0 radical (unpaired) electrons. The second-order valence-corrected chi connectivity index (χ2v) is 14.0. The molecule has 3 aliphatic rings. The smallest absolute Gasteiger partial charge is 0.250 e. The van der Waals surface area contributed by atoms with Crippen LogP contribution in [-0.2, 0) is 23.7 Å². The number of hydrogen-bond donors (Lipinski definition) is 2. The van der Waals surface area contributed by atoms with Crippen molar-refractivity contribution >= 4 is 16.9 Å². The predicted molar refractivity (Wildman–Crippen MR) is 178 cm³/mol. The normalized spacial score (nSPS) is 19.1. The van der Waals surface area contributed by atoms with Crippen molar-refractivity contribution in [3.05, 3.63) is 87.0 Å². The Morgan fingerprint density at radius 3 is 2.48 bits per heavy atom. The number of aromatic nitrogens is 3. The highest BCUT2D eigenvalue weighted by atomic mass is 16.2. The third-order valence-corrected chi connectivity index (χ3v) is 10.1. The Kier molecular flexibility index (Phi) is 8.27. The fourth-order valence-electron chi connectivity index (χ4n) is 7.54. The monoisotopic (exact) mass is 593 g/mol. The van der Waals surface area contributed by atoms with Gasteiger partial charge in [0.2, 0.25) is 11.5 Å². The quantitative estimate of drug-likeness (QED) is 0.228. The number of benzene rings is 1. The number of aryl methyl sites for hydroxylation is 3. The summed E-state index contributed by atoms with van der Waals surface area (Å²) in [4.78, 5) is 36.6. The SMILES string of the molecule is Cc1cc(C)cc(-c2[nH]c3ncc(C(C)(C)C(=O)N4CC5CCC4CC5)cc3c2[C@H](C)CNCCc2ccc(=O)n(C)c2)c1. The fraction of sp³-hybridized carbons (Fsp3) is 0.486. The topological polar surface area (TPSA) is 83.0 Å². The van der Waals surface area contributed by atoms with E-state index in [1.54, 1.807) is 17.7 Å². The molecule has 3 fully saturated rings. The van der Waals surface area contributed by atoms with E-state index in [1.807, 2.05) is 18.5 Å². The van der Waals surface area contributed by atoms with E-state index in [9.17, 15) is 9.59 Å². The highest BCUT2D eigenvalue weighted by Crippen LogP contribution is 2.40. The van der Waals surface area contributed by atoms with Crippen molar-refractivity contribution in [3.63, 3.8) is 0 Å². The van der Waals surface area contributed by atoms with Crippen molar-refractivity contribution in [2.75, 3.05) is 19.6 Å². The molecule has 7 heteroatoms. The molecule has 1 amide bonds. The summed E-state index contributed by atoms with van der Waals surface area (Å²) in [6, 6.07) is 12.8. The number of rotatable bonds is 9. The molecular formula is C37H47N5O2. The lowest BCUT2D eigenvalue weighted by Gasteiger charge is -2.47. The van der Waals surface area contributed by atoms with Gasteiger partial charge in [0.25, 0.3) is 0 Å². The van der Waals surface area contributed by atoms with Gasteiger partial charge in [0, 0.05) is 50.0 Å². The highest BCUT2D eigenvalue weighted by Gasteiger charge is 2.42. The van der Waals surface area contributed by atoms with Gasteiger partial charge >= 0.3 is 0 Å². The summed E-state index contributed by atoms with van der Waals surface area (Å²) in [5.41, 5.74) is 8.25. The minimum atomic E-state index is -0.662. The zero-order chi connectivity index (χ0) is 31.2. The zero-order valence-corrected chi connectivity index (χ0v) is 27.2. The summed E-state index contributed by atoms with van der Waals surface area (Å²) in [7, 11) is 1.79. The summed E-state index contributed by atoms with van der Waals surface area (Å²) in [6.45, 7) is 13.2. The first kappa shape index (κ1) is 30.3. The van der Waals surface area contributed by atoms with E-state index in [1.165, 1.54) is 29.5 Å². The Bertz CT molecular complexity index is 1720. The summed E-state index contributed by atoms with van der Waals surface area (Å²) in [5, 5.41) is 4.75. The lowest BCUT2D eigenvalue weighted by Crippen LogP contribution is -2.55. The lowest BCUT2D eigenvalue weighted by molar-refractivity contribution is -0.144. The maximum absolute atomic E-state index is 14.1. The van der Waals surface area contributed by atoms with Gasteiger partial charge in [-0.2, -0.15) is 0 Å². The first-order valence-electron chi connectivity index (χ1n) is 16.3. The van der Waals surface area contributed by atoms with Crippen molar-refractivity contribution in [1.82, 2.24) is 24.8 Å². The number of amides is 1. The number of nitrogens with one attached hydrogen (secondary N) is 2. The minimum Gasteiger partial charge on any atom is -0.339 e. The van der Waals surface area contributed by atoms with Crippen molar-refractivity contribution in [3.8, 4) is 11.3 Å². The number of fused-ring (bicyclic) bond motifs is 4. The van der Waals surface area contributed by atoms with E-state index in [2.05, 4.69) is 74.1 Å². The molecule has 4 aromatic rings. The minimum absolute atomic E-state index is 0.00889. The number of aromatic amines is 1. The van der Waals surface area contributed by atoms with Crippen LogP contribution in [0.4, 0.5) is 0 Å². The second-order valence-electron chi connectivity index (χ2n) is 14.0. The zero-order valence-electron chi connectivity index (χ0n) is 27.2. The molecule has 0 unspecified atom stereocenters. The first-order chi connectivity index (χ1) is 21.0. The molecule has 5 heterocycles. The molecule has 2 aliphatic heterocycles. The average molecular weight is 594 g/mol. The van der Waals surface area contributed by atoms with Gasteiger partial charge in [0.05, 0.1) is 11.1 Å². The standard InChI is InChI=1S/C37H47N5O2/c1-23-15-24(2)17-28(16-23)34-33(25(3)19-38-14-13-27-9-12-32(43)41(6)21-27)31-18-29(20-39-35(31)40-34)37(4,5)36(44)42-22-26-7-10-30(42)11-8-26/h9,12,15-18,20-21,25-26,30,38H,7-8,10-11,13-14,19,22H2,1-6H3,(H,39,40)/t25-,26?,30?/m1/s1. The summed E-state index contributed by atoms with van der Waals surface area (Å²) >= 11 is 0. The van der Waals surface area contributed by atoms with Gasteiger partial charge in [-0.25, -0.2) is 4.98 Å². The van der Waals surface area contributed by atoms with Crippen LogP contribution < -0.4 is 10.9 Å². The highest BCUT2D eigenvalue weighted by molar-refractivity contribution is 5.93. The summed E-state index contributed by atoms with van der Waals surface area (Å²) in [5.74, 6) is 1.07. The number of hydrogen-bond acceptors (Lipinski definition) is 4. The molecule has 44 heavy (non-hydrogen) atoms. The molecule has 2 bridgehead atoms. The third kappa shape index (κ3) is 5.86. The van der Waals surface area contributed by atoms with Gasteiger partial charge in [-0.15, -0.1) is 0 Å². The Hall–Kier alpha value is -3.71. The molecule has 1 aromatic carbocycles. The number of nitrogens with zero attached hydrogens (tertiary/aromatic N) is 3. The van der Waals surface area contributed by atoms with Crippen LogP contribution in [0.15, 0.2) is 53.6 Å². The van der Waals surface area contributed by atoms with Gasteiger partial charge < -0.3 is 19.8 Å². The maximum atomic E-state index is 14.1. The summed E-state index contributed by atoms with van der Waals surface area (Å²) < 4.78 is 1.63. The molecule has 3 aromatic heterocycles. The Balaban J connectivity index is 1.31. The van der Waals surface area contributed by atoms with E-state index < -0.39 is 5.41 Å². The van der Waals surface area contributed by atoms with Crippen LogP contribution in [0.1, 0.15) is 80.2 Å². The number of carbonyl (C=O) groups excluding carboxylic acids is 1. The van der Waals surface area contributed by atoms with Crippen LogP contribution in [0.3, 0.4) is 0 Å². The number of carbonyl (C=O) groups is 1. The molecule has 2 N–H and O–H groups in total. The Labute approximate surface area is 261 Å². The molecule has 7 nitrogen and oxygen atoms in total. The van der Waals surface area contributed by atoms with Crippen molar-refractivity contribution < 1.29 is 4.79 Å². The van der Waals surface area contributed by atoms with Gasteiger partial charge in [0.15, 0.2) is 0 Å². The van der Waals surface area contributed by atoms with E-state index in [4.69, 9.17) is 4.98 Å². The number of pyridine rings is 2. The molecule has 232 valence electrons. The van der Waals surface area contributed by atoms with Crippen LogP contribution in [0.2, 0.25) is 0 Å². The van der Waals surface area contributed by atoms with E-state index in [0.29, 0.717) is 12.0 Å².